The third kappa shape index (κ3) is 4.90. The standard InChI is InChI=1S/C24H23N5O2/c1-31-21-15-9-8-14-20(21)22(30)29-24(26-17-19-12-6-3-7-13-19)27-23(28-29)25-16-18-10-4-2-5-11-18/h2-15H,16-17H2,1H3,(H2,25,26,27,28). The van der Waals surface area contributed by atoms with Crippen LogP contribution in [0.5, 0.6) is 5.75 Å². The fourth-order valence-electron chi connectivity index (χ4n) is 3.13. The molecule has 0 fully saturated rings. The maximum atomic E-state index is 13.3. The van der Waals surface area contributed by atoms with Gasteiger partial charge in [-0.25, -0.2) is 0 Å². The Bertz CT molecular complexity index is 1140. The lowest BCUT2D eigenvalue weighted by molar-refractivity contribution is 0.0944. The van der Waals surface area contributed by atoms with Crippen LogP contribution in [0.4, 0.5) is 11.9 Å². The van der Waals surface area contributed by atoms with Crippen LogP contribution in [0.2, 0.25) is 0 Å². The van der Waals surface area contributed by atoms with E-state index in [-0.39, 0.29) is 5.91 Å². The number of nitrogens with one attached hydrogen (secondary N) is 2. The maximum Gasteiger partial charge on any atom is 0.285 e. The molecule has 0 aliphatic heterocycles. The molecule has 156 valence electrons. The predicted octanol–water partition coefficient (Wildman–Crippen LogP) is 4.20. The van der Waals surface area contributed by atoms with Gasteiger partial charge in [0.2, 0.25) is 11.9 Å². The summed E-state index contributed by atoms with van der Waals surface area (Å²) in [6.45, 7) is 1.06. The summed E-state index contributed by atoms with van der Waals surface area (Å²) in [7, 11) is 1.54. The highest BCUT2D eigenvalue weighted by atomic mass is 16.5. The Labute approximate surface area is 180 Å². The van der Waals surface area contributed by atoms with E-state index in [0.717, 1.165) is 11.1 Å². The van der Waals surface area contributed by atoms with Gasteiger partial charge in [0.25, 0.3) is 5.91 Å². The molecule has 7 heteroatoms. The molecule has 0 bridgehead atoms. The van der Waals surface area contributed by atoms with Crippen LogP contribution in [0.15, 0.2) is 84.9 Å². The summed E-state index contributed by atoms with van der Waals surface area (Å²) in [5.41, 5.74) is 2.57. The first kappa shape index (κ1) is 20.2. The monoisotopic (exact) mass is 413 g/mol. The van der Waals surface area contributed by atoms with Gasteiger partial charge in [-0.1, -0.05) is 72.8 Å². The van der Waals surface area contributed by atoms with Crippen molar-refractivity contribution >= 4 is 17.8 Å². The van der Waals surface area contributed by atoms with Crippen molar-refractivity contribution in [3.8, 4) is 5.75 Å². The third-order valence-electron chi connectivity index (χ3n) is 4.72. The first-order valence-electron chi connectivity index (χ1n) is 9.95. The van der Waals surface area contributed by atoms with Crippen LogP contribution in [-0.4, -0.2) is 27.8 Å². The topological polar surface area (TPSA) is 81.1 Å². The van der Waals surface area contributed by atoms with Gasteiger partial charge in [0, 0.05) is 13.1 Å². The number of anilines is 2. The van der Waals surface area contributed by atoms with Crippen LogP contribution in [0.25, 0.3) is 0 Å². The average Bonchev–Trinajstić information content (AvgIpc) is 3.25. The van der Waals surface area contributed by atoms with E-state index in [1.54, 1.807) is 18.2 Å². The number of benzene rings is 3. The normalized spacial score (nSPS) is 10.5. The molecule has 2 N–H and O–H groups in total. The zero-order chi connectivity index (χ0) is 21.5. The van der Waals surface area contributed by atoms with Crippen LogP contribution in [0, 0.1) is 0 Å². The van der Waals surface area contributed by atoms with Gasteiger partial charge < -0.3 is 15.4 Å². The van der Waals surface area contributed by atoms with E-state index in [9.17, 15) is 4.79 Å². The van der Waals surface area contributed by atoms with Gasteiger partial charge in [-0.15, -0.1) is 5.10 Å². The zero-order valence-corrected chi connectivity index (χ0v) is 17.2. The van der Waals surface area contributed by atoms with Crippen LogP contribution in [-0.2, 0) is 13.1 Å². The highest BCUT2D eigenvalue weighted by Crippen LogP contribution is 2.21. The number of aromatic nitrogens is 3. The summed E-state index contributed by atoms with van der Waals surface area (Å²) < 4.78 is 6.62. The Morgan fingerprint density at radius 1 is 0.839 bits per heavy atom. The van der Waals surface area contributed by atoms with Gasteiger partial charge in [-0.3, -0.25) is 4.79 Å². The summed E-state index contributed by atoms with van der Waals surface area (Å²) in [6.07, 6.45) is 0. The Hall–Kier alpha value is -4.13. The molecular weight excluding hydrogens is 390 g/mol. The zero-order valence-electron chi connectivity index (χ0n) is 17.2. The van der Waals surface area contributed by atoms with Crippen LogP contribution < -0.4 is 15.4 Å². The van der Waals surface area contributed by atoms with Gasteiger partial charge >= 0.3 is 0 Å². The van der Waals surface area contributed by atoms with Crippen molar-refractivity contribution in [2.45, 2.75) is 13.1 Å². The molecule has 4 rings (SSSR count). The van der Waals surface area contributed by atoms with Crippen LogP contribution in [0.1, 0.15) is 21.5 Å². The van der Waals surface area contributed by atoms with Crippen molar-refractivity contribution in [1.82, 2.24) is 14.8 Å². The summed E-state index contributed by atoms with van der Waals surface area (Å²) in [4.78, 5) is 17.8. The molecule has 4 aromatic rings. The number of methoxy groups -OCH3 is 1. The number of para-hydroxylation sites is 1. The molecule has 1 aromatic heterocycles. The Morgan fingerprint density at radius 3 is 2.06 bits per heavy atom. The second kappa shape index (κ2) is 9.58. The molecule has 0 atom stereocenters. The smallest absolute Gasteiger partial charge is 0.285 e. The van der Waals surface area contributed by atoms with Crippen molar-refractivity contribution in [3.05, 3.63) is 102 Å². The maximum absolute atomic E-state index is 13.3. The first-order valence-corrected chi connectivity index (χ1v) is 9.95. The van der Waals surface area contributed by atoms with Crippen molar-refractivity contribution in [1.29, 1.82) is 0 Å². The van der Waals surface area contributed by atoms with Gasteiger partial charge in [0.05, 0.1) is 12.7 Å². The minimum atomic E-state index is -0.326. The average molecular weight is 413 g/mol. The summed E-state index contributed by atoms with van der Waals surface area (Å²) in [6, 6.07) is 26.9. The molecule has 0 aliphatic carbocycles. The van der Waals surface area contributed by atoms with E-state index in [1.807, 2.05) is 66.7 Å². The molecule has 0 spiro atoms. The largest absolute Gasteiger partial charge is 0.496 e. The Balaban J connectivity index is 1.60. The van der Waals surface area contributed by atoms with E-state index in [1.165, 1.54) is 11.8 Å². The lowest BCUT2D eigenvalue weighted by atomic mass is 10.2. The molecule has 3 aromatic carbocycles. The highest BCUT2D eigenvalue weighted by Gasteiger charge is 2.20. The number of rotatable bonds is 8. The summed E-state index contributed by atoms with van der Waals surface area (Å²) >= 11 is 0. The molecule has 0 aliphatic rings. The van der Waals surface area contributed by atoms with Crippen molar-refractivity contribution in [2.24, 2.45) is 0 Å². The molecular formula is C24H23N5O2. The fourth-order valence-corrected chi connectivity index (χ4v) is 3.13. The minimum absolute atomic E-state index is 0.326. The third-order valence-corrected chi connectivity index (χ3v) is 4.72. The van der Waals surface area contributed by atoms with Crippen LogP contribution >= 0.6 is 0 Å². The molecule has 0 unspecified atom stereocenters. The second-order valence-corrected chi connectivity index (χ2v) is 6.85. The van der Waals surface area contributed by atoms with E-state index >= 15 is 0 Å². The molecule has 1 heterocycles. The Morgan fingerprint density at radius 2 is 1.42 bits per heavy atom. The van der Waals surface area contributed by atoms with Gasteiger partial charge in [0.1, 0.15) is 5.75 Å². The number of carbonyl (C=O) groups is 1. The van der Waals surface area contributed by atoms with E-state index in [0.29, 0.717) is 36.3 Å². The number of hydrogen-bond donors (Lipinski definition) is 2. The quantitative estimate of drug-likeness (QED) is 0.451. The molecule has 0 saturated carbocycles. The molecule has 0 amide bonds. The SMILES string of the molecule is COc1ccccc1C(=O)n1nc(NCc2ccccc2)nc1NCc1ccccc1. The number of hydrogen-bond acceptors (Lipinski definition) is 6. The van der Waals surface area contributed by atoms with Gasteiger partial charge in [-0.05, 0) is 23.3 Å². The predicted molar refractivity (Wildman–Crippen MR) is 120 cm³/mol. The van der Waals surface area contributed by atoms with Crippen molar-refractivity contribution < 1.29 is 9.53 Å². The molecule has 7 nitrogen and oxygen atoms in total. The fraction of sp³-hybridized carbons (Fsp3) is 0.125. The van der Waals surface area contributed by atoms with Crippen LogP contribution in [0.3, 0.4) is 0 Å². The number of nitrogens with zero attached hydrogens (tertiary/aromatic N) is 3. The summed E-state index contributed by atoms with van der Waals surface area (Å²) in [5, 5.41) is 10.8. The minimum Gasteiger partial charge on any atom is -0.496 e. The van der Waals surface area contributed by atoms with E-state index < -0.39 is 0 Å². The van der Waals surface area contributed by atoms with E-state index in [2.05, 4.69) is 20.7 Å². The number of ether oxygens (including phenoxy) is 1. The van der Waals surface area contributed by atoms with Crippen molar-refractivity contribution in [2.75, 3.05) is 17.7 Å². The molecule has 0 saturated heterocycles. The second-order valence-electron chi connectivity index (χ2n) is 6.85. The summed E-state index contributed by atoms with van der Waals surface area (Å²) in [5.74, 6) is 0.877. The van der Waals surface area contributed by atoms with Gasteiger partial charge in [0.15, 0.2) is 0 Å². The Kier molecular flexibility index (Phi) is 6.23. The lowest BCUT2D eigenvalue weighted by Gasteiger charge is -2.09. The van der Waals surface area contributed by atoms with E-state index in [4.69, 9.17) is 4.74 Å². The first-order chi connectivity index (χ1) is 15.2. The van der Waals surface area contributed by atoms with Crippen molar-refractivity contribution in [3.63, 3.8) is 0 Å². The molecule has 31 heavy (non-hydrogen) atoms. The molecule has 0 radical (unpaired) electrons. The number of carbonyl (C=O) groups excluding carboxylic acids is 1. The lowest BCUT2D eigenvalue weighted by Crippen LogP contribution is -2.18. The highest BCUT2D eigenvalue weighted by molar-refractivity contribution is 5.99. The van der Waals surface area contributed by atoms with Gasteiger partial charge in [-0.2, -0.15) is 9.67 Å².